The van der Waals surface area contributed by atoms with Gasteiger partial charge in [0.1, 0.15) is 27.0 Å². The maximum Gasteiger partial charge on any atom is 0.264 e. The number of nitrogens with one attached hydrogen (secondary N) is 1. The molecular weight excluding hydrogens is 344 g/mol. The lowest BCUT2D eigenvalue weighted by Gasteiger charge is -2.35. The SMILES string of the molecule is O=C1NC(C2CCC2)C(=O)N2CCOc3c(Br)sc1c32. The lowest BCUT2D eigenvalue weighted by Crippen LogP contribution is -2.53. The van der Waals surface area contributed by atoms with Gasteiger partial charge in [0.15, 0.2) is 5.75 Å². The second-order valence-corrected chi connectivity index (χ2v) is 7.70. The summed E-state index contributed by atoms with van der Waals surface area (Å²) in [5.41, 5.74) is 0.650. The van der Waals surface area contributed by atoms with E-state index in [1.54, 1.807) is 4.90 Å². The normalized spacial score (nSPS) is 25.4. The Morgan fingerprint density at radius 3 is 2.85 bits per heavy atom. The summed E-state index contributed by atoms with van der Waals surface area (Å²) in [5, 5.41) is 2.92. The molecule has 0 aromatic carbocycles. The van der Waals surface area contributed by atoms with Gasteiger partial charge in [0.05, 0.1) is 6.54 Å². The van der Waals surface area contributed by atoms with Gasteiger partial charge in [-0.1, -0.05) is 6.42 Å². The monoisotopic (exact) mass is 356 g/mol. The topological polar surface area (TPSA) is 58.6 Å². The highest BCUT2D eigenvalue weighted by atomic mass is 79.9. The molecule has 1 unspecified atom stereocenters. The molecule has 1 atom stereocenters. The van der Waals surface area contributed by atoms with Crippen molar-refractivity contribution in [2.75, 3.05) is 18.1 Å². The quantitative estimate of drug-likeness (QED) is 0.838. The van der Waals surface area contributed by atoms with Crippen molar-refractivity contribution < 1.29 is 14.3 Å². The number of hydrogen-bond acceptors (Lipinski definition) is 4. The Morgan fingerprint density at radius 2 is 2.15 bits per heavy atom. The smallest absolute Gasteiger partial charge is 0.264 e. The third-order valence-corrected chi connectivity index (χ3v) is 6.07. The molecule has 0 radical (unpaired) electrons. The zero-order valence-electron chi connectivity index (χ0n) is 10.6. The molecule has 0 spiro atoms. The fourth-order valence-electron chi connectivity index (χ4n) is 3.00. The molecule has 3 heterocycles. The molecule has 20 heavy (non-hydrogen) atoms. The minimum absolute atomic E-state index is 0.0108. The standard InChI is InChI=1S/C13H13BrN2O3S/c14-11-9-8-10(20-11)12(17)15-7(6-2-1-3-6)13(18)16(8)4-5-19-9/h6-7H,1-5H2,(H,15,17). The molecule has 1 N–H and O–H groups in total. The zero-order valence-corrected chi connectivity index (χ0v) is 13.1. The second-order valence-electron chi connectivity index (χ2n) is 5.36. The number of thiophene rings is 1. The van der Waals surface area contributed by atoms with E-state index in [-0.39, 0.29) is 23.8 Å². The van der Waals surface area contributed by atoms with Gasteiger partial charge in [0.25, 0.3) is 5.91 Å². The summed E-state index contributed by atoms with van der Waals surface area (Å²) in [6, 6.07) is -0.374. The van der Waals surface area contributed by atoms with E-state index in [9.17, 15) is 9.59 Å². The third kappa shape index (κ3) is 1.65. The number of rotatable bonds is 1. The van der Waals surface area contributed by atoms with E-state index in [4.69, 9.17) is 4.74 Å². The molecule has 0 bridgehead atoms. The van der Waals surface area contributed by atoms with Gasteiger partial charge in [-0.25, -0.2) is 0 Å². The Hall–Kier alpha value is -1.08. The highest BCUT2D eigenvalue weighted by Crippen LogP contribution is 2.49. The number of carbonyl (C=O) groups is 2. The number of halogens is 1. The van der Waals surface area contributed by atoms with Crippen LogP contribution in [0.25, 0.3) is 0 Å². The molecule has 1 fully saturated rings. The maximum absolute atomic E-state index is 12.8. The summed E-state index contributed by atoms with van der Waals surface area (Å²) in [4.78, 5) is 27.5. The van der Waals surface area contributed by atoms with E-state index in [0.717, 1.165) is 23.0 Å². The number of hydrogen-bond donors (Lipinski definition) is 1. The van der Waals surface area contributed by atoms with Gasteiger partial charge >= 0.3 is 0 Å². The zero-order chi connectivity index (χ0) is 13.9. The largest absolute Gasteiger partial charge is 0.487 e. The van der Waals surface area contributed by atoms with Gasteiger partial charge in [0.2, 0.25) is 5.91 Å². The van der Waals surface area contributed by atoms with Gasteiger partial charge in [-0.2, -0.15) is 0 Å². The van der Waals surface area contributed by atoms with E-state index in [0.29, 0.717) is 29.5 Å². The van der Waals surface area contributed by atoms with Crippen molar-refractivity contribution in [1.82, 2.24) is 5.32 Å². The van der Waals surface area contributed by atoms with Crippen molar-refractivity contribution in [3.8, 4) is 5.75 Å². The fourth-order valence-corrected chi connectivity index (χ4v) is 4.67. The molecule has 1 aromatic heterocycles. The first-order valence-electron chi connectivity index (χ1n) is 6.74. The first kappa shape index (κ1) is 12.6. The van der Waals surface area contributed by atoms with Crippen LogP contribution in [0.4, 0.5) is 5.69 Å². The number of anilines is 1. The van der Waals surface area contributed by atoms with E-state index in [1.165, 1.54) is 11.3 Å². The summed E-state index contributed by atoms with van der Waals surface area (Å²) < 4.78 is 6.39. The third-order valence-electron chi connectivity index (χ3n) is 4.28. The van der Waals surface area contributed by atoms with Crippen LogP contribution in [0.2, 0.25) is 0 Å². The average Bonchev–Trinajstić information content (AvgIpc) is 2.68. The number of nitrogens with zero attached hydrogens (tertiary/aromatic N) is 1. The predicted molar refractivity (Wildman–Crippen MR) is 78.5 cm³/mol. The number of amides is 2. The fraction of sp³-hybridized carbons (Fsp3) is 0.538. The first-order valence-corrected chi connectivity index (χ1v) is 8.35. The van der Waals surface area contributed by atoms with E-state index < -0.39 is 0 Å². The molecule has 4 rings (SSSR count). The van der Waals surface area contributed by atoms with Crippen LogP contribution in [0.5, 0.6) is 5.75 Å². The van der Waals surface area contributed by atoms with Crippen molar-refractivity contribution in [1.29, 1.82) is 0 Å². The van der Waals surface area contributed by atoms with Crippen molar-refractivity contribution in [3.05, 3.63) is 8.66 Å². The van der Waals surface area contributed by atoms with E-state index >= 15 is 0 Å². The molecular formula is C13H13BrN2O3S. The Bertz CT molecular complexity index is 611. The van der Waals surface area contributed by atoms with Crippen LogP contribution in [-0.2, 0) is 4.79 Å². The average molecular weight is 357 g/mol. The summed E-state index contributed by atoms with van der Waals surface area (Å²) in [5.74, 6) is 0.774. The Labute approximate surface area is 128 Å². The number of carbonyl (C=O) groups excluding carboxylic acids is 2. The van der Waals surface area contributed by atoms with Gasteiger partial charge in [-0.3, -0.25) is 9.59 Å². The van der Waals surface area contributed by atoms with Gasteiger partial charge < -0.3 is 15.0 Å². The highest BCUT2D eigenvalue weighted by Gasteiger charge is 2.44. The summed E-state index contributed by atoms with van der Waals surface area (Å²) >= 11 is 4.75. The molecule has 7 heteroatoms. The van der Waals surface area contributed by atoms with Crippen LogP contribution in [0.3, 0.4) is 0 Å². The van der Waals surface area contributed by atoms with E-state index in [2.05, 4.69) is 21.2 Å². The summed E-state index contributed by atoms with van der Waals surface area (Å²) in [6.07, 6.45) is 3.18. The molecule has 3 aliphatic rings. The molecule has 1 saturated carbocycles. The van der Waals surface area contributed by atoms with Gasteiger partial charge in [0, 0.05) is 0 Å². The van der Waals surface area contributed by atoms with Crippen LogP contribution in [0.1, 0.15) is 28.9 Å². The van der Waals surface area contributed by atoms with Crippen LogP contribution in [-0.4, -0.2) is 31.0 Å². The van der Waals surface area contributed by atoms with Crippen molar-refractivity contribution in [2.45, 2.75) is 25.3 Å². The highest BCUT2D eigenvalue weighted by molar-refractivity contribution is 9.11. The second kappa shape index (κ2) is 4.46. The lowest BCUT2D eigenvalue weighted by molar-refractivity contribution is -0.122. The van der Waals surface area contributed by atoms with Crippen LogP contribution < -0.4 is 15.0 Å². The van der Waals surface area contributed by atoms with Crippen LogP contribution >= 0.6 is 27.3 Å². The Morgan fingerprint density at radius 1 is 1.35 bits per heavy atom. The van der Waals surface area contributed by atoms with Crippen LogP contribution in [0.15, 0.2) is 3.79 Å². The Kier molecular flexibility index (Phi) is 2.82. The molecule has 1 aliphatic carbocycles. The van der Waals surface area contributed by atoms with Crippen LogP contribution in [0, 0.1) is 5.92 Å². The molecule has 1 aromatic rings. The number of ether oxygens (including phenoxy) is 1. The van der Waals surface area contributed by atoms with E-state index in [1.807, 2.05) is 0 Å². The summed E-state index contributed by atoms with van der Waals surface area (Å²) in [6.45, 7) is 0.985. The van der Waals surface area contributed by atoms with Gasteiger partial charge in [-0.15, -0.1) is 11.3 Å². The Balaban J connectivity index is 1.82. The summed E-state index contributed by atoms with van der Waals surface area (Å²) in [7, 11) is 0. The predicted octanol–water partition coefficient (Wildman–Crippen LogP) is 2.15. The van der Waals surface area contributed by atoms with Crippen molar-refractivity contribution in [2.24, 2.45) is 5.92 Å². The molecule has 5 nitrogen and oxygen atoms in total. The van der Waals surface area contributed by atoms with Gasteiger partial charge in [-0.05, 0) is 34.7 Å². The minimum Gasteiger partial charge on any atom is -0.487 e. The first-order chi connectivity index (χ1) is 9.66. The minimum atomic E-state index is -0.374. The molecule has 106 valence electrons. The van der Waals surface area contributed by atoms with Crippen molar-refractivity contribution in [3.63, 3.8) is 0 Å². The molecule has 0 saturated heterocycles. The van der Waals surface area contributed by atoms with Crippen molar-refractivity contribution >= 4 is 44.8 Å². The molecule has 2 amide bonds. The maximum atomic E-state index is 12.8. The lowest BCUT2D eigenvalue weighted by atomic mass is 9.79. The molecule has 2 aliphatic heterocycles.